The van der Waals surface area contributed by atoms with Crippen LogP contribution in [0.15, 0.2) is 228 Å². The standard InChI is InChI=1S/C70H72N2O10S/c1-75-61-27-15-9-21-49(61)33-35-55-45-69(81-7,43-41-53-25-13-19-31-65(53)79-5)67(71)57(39-37-51-23-11-17-29-63(51)77-3)59(55)47-83(73,74)48-60-56(36-34-50-22-10-16-28-62(50)76-2)46-70(82-8,44-42-54-26-14-20-32-66(54)80-6)68(72)58(60)40-38-52-24-12-18-30-64(52)78-4/h9-46,59-60H,47-48,71-72H2,1-8H3/b35-33+,36-34+,39-37+,40-38+,43-41+,44-42+. The SMILES string of the molecule is COc1ccccc1/C=C/C1=CC(/C=C/c2ccccc2OC)(OC)C(N)=C(/C=C/c2ccccc2OC)C1CS(=O)(=O)CC1C(/C=C/c2ccccc2OC)=CC(/C=C/c2ccccc2OC)(OC)C(N)=C1/C=C/c1ccccc1OC. The summed E-state index contributed by atoms with van der Waals surface area (Å²) >= 11 is 0. The molecule has 6 aromatic rings. The molecule has 0 heterocycles. The van der Waals surface area contributed by atoms with Crippen LogP contribution in [0.5, 0.6) is 34.5 Å². The third-order valence-electron chi connectivity index (χ3n) is 14.9. The molecule has 2 aliphatic carbocycles. The number of hydrogen-bond donors (Lipinski definition) is 2. The molecule has 13 heteroatoms. The summed E-state index contributed by atoms with van der Waals surface area (Å²) in [4.78, 5) is 0. The van der Waals surface area contributed by atoms with E-state index in [0.29, 0.717) is 56.8 Å². The van der Waals surface area contributed by atoms with Crippen LogP contribution in [0.25, 0.3) is 36.5 Å². The van der Waals surface area contributed by atoms with E-state index in [1.54, 1.807) is 56.9 Å². The molecule has 4 N–H and O–H groups in total. The summed E-state index contributed by atoms with van der Waals surface area (Å²) in [6.45, 7) is 0. The molecule has 8 rings (SSSR count). The monoisotopic (exact) mass is 1130 g/mol. The van der Waals surface area contributed by atoms with E-state index in [0.717, 1.165) is 33.4 Å². The highest BCUT2D eigenvalue weighted by Gasteiger charge is 2.43. The molecule has 0 amide bonds. The third-order valence-corrected chi connectivity index (χ3v) is 16.6. The fourth-order valence-corrected chi connectivity index (χ4v) is 12.4. The average Bonchev–Trinajstić information content (AvgIpc) is 2.73. The van der Waals surface area contributed by atoms with Crippen molar-refractivity contribution >= 4 is 46.3 Å². The van der Waals surface area contributed by atoms with Crippen LogP contribution in [-0.2, 0) is 19.3 Å². The van der Waals surface area contributed by atoms with Crippen LogP contribution in [0.1, 0.15) is 33.4 Å². The molecular weight excluding hydrogens is 1060 g/mol. The van der Waals surface area contributed by atoms with Crippen LogP contribution < -0.4 is 39.9 Å². The molecule has 0 aliphatic heterocycles. The Kier molecular flexibility index (Phi) is 20.0. The minimum Gasteiger partial charge on any atom is -0.496 e. The summed E-state index contributed by atoms with van der Waals surface area (Å²) < 4.78 is 79.6. The number of rotatable bonds is 24. The van der Waals surface area contributed by atoms with E-state index in [-0.39, 0.29) is 11.4 Å². The lowest BCUT2D eigenvalue weighted by Crippen LogP contribution is -2.42. The molecule has 83 heavy (non-hydrogen) atoms. The van der Waals surface area contributed by atoms with Crippen LogP contribution in [0.3, 0.4) is 0 Å². The second-order valence-corrected chi connectivity index (χ2v) is 21.8. The molecule has 0 aromatic heterocycles. The number of methoxy groups -OCH3 is 8. The topological polar surface area (TPSA) is 160 Å². The summed E-state index contributed by atoms with van der Waals surface area (Å²) in [5.41, 5.74) is 19.6. The first kappa shape index (κ1) is 60.1. The van der Waals surface area contributed by atoms with Gasteiger partial charge in [0.25, 0.3) is 0 Å². The van der Waals surface area contributed by atoms with Gasteiger partial charge in [-0.25, -0.2) is 8.42 Å². The fourth-order valence-electron chi connectivity index (χ4n) is 10.5. The quantitative estimate of drug-likeness (QED) is 0.0591. The zero-order valence-corrected chi connectivity index (χ0v) is 49.0. The van der Waals surface area contributed by atoms with E-state index in [9.17, 15) is 0 Å². The smallest absolute Gasteiger partial charge is 0.152 e. The van der Waals surface area contributed by atoms with Gasteiger partial charge >= 0.3 is 0 Å². The Bertz CT molecular complexity index is 3480. The van der Waals surface area contributed by atoms with E-state index < -0.39 is 44.4 Å². The zero-order chi connectivity index (χ0) is 59.0. The normalized spacial score (nSPS) is 19.6. The third kappa shape index (κ3) is 13.8. The lowest BCUT2D eigenvalue weighted by atomic mass is 9.77. The molecule has 0 saturated heterocycles. The van der Waals surface area contributed by atoms with Crippen molar-refractivity contribution in [1.82, 2.24) is 0 Å². The van der Waals surface area contributed by atoms with E-state index in [1.807, 2.05) is 231 Å². The first-order chi connectivity index (χ1) is 40.3. The molecule has 0 radical (unpaired) electrons. The maximum Gasteiger partial charge on any atom is 0.152 e. The van der Waals surface area contributed by atoms with Crippen molar-refractivity contribution in [3.8, 4) is 34.5 Å². The van der Waals surface area contributed by atoms with Crippen LogP contribution in [-0.4, -0.2) is 88.0 Å². The summed E-state index contributed by atoms with van der Waals surface area (Å²) in [5.74, 6) is 1.25. The molecule has 4 unspecified atom stereocenters. The zero-order valence-electron chi connectivity index (χ0n) is 48.2. The van der Waals surface area contributed by atoms with Crippen LogP contribution in [0, 0.1) is 11.8 Å². The predicted octanol–water partition coefficient (Wildman–Crippen LogP) is 13.0. The van der Waals surface area contributed by atoms with Gasteiger partial charge in [0.15, 0.2) is 9.84 Å². The number of allylic oxidation sites excluding steroid dienone is 8. The van der Waals surface area contributed by atoms with E-state index >= 15 is 8.42 Å². The highest BCUT2D eigenvalue weighted by atomic mass is 32.2. The van der Waals surface area contributed by atoms with Gasteiger partial charge in [0, 0.05) is 59.4 Å². The maximum atomic E-state index is 16.0. The Balaban J connectivity index is 1.34. The van der Waals surface area contributed by atoms with Crippen LogP contribution in [0.2, 0.25) is 0 Å². The molecule has 0 spiro atoms. The Labute approximate surface area is 488 Å². The van der Waals surface area contributed by atoms with Gasteiger partial charge in [-0.2, -0.15) is 0 Å². The molecule has 0 fully saturated rings. The van der Waals surface area contributed by atoms with Crippen molar-refractivity contribution in [3.05, 3.63) is 261 Å². The van der Waals surface area contributed by atoms with Crippen LogP contribution in [0.4, 0.5) is 0 Å². The second-order valence-electron chi connectivity index (χ2n) is 19.7. The summed E-state index contributed by atoms with van der Waals surface area (Å²) in [5, 5.41) is 0. The van der Waals surface area contributed by atoms with Crippen molar-refractivity contribution in [1.29, 1.82) is 0 Å². The number of nitrogens with two attached hydrogens (primary N) is 2. The first-order valence-electron chi connectivity index (χ1n) is 26.9. The molecule has 6 aromatic carbocycles. The summed E-state index contributed by atoms with van der Waals surface area (Å²) in [6, 6.07) is 45.6. The Morgan fingerprint density at radius 3 is 0.855 bits per heavy atom. The average molecular weight is 1130 g/mol. The minimum atomic E-state index is -4.21. The summed E-state index contributed by atoms with van der Waals surface area (Å²) in [6.07, 6.45) is 26.4. The molecule has 12 nitrogen and oxygen atoms in total. The molecule has 0 bridgehead atoms. The number of benzene rings is 6. The van der Waals surface area contributed by atoms with E-state index in [2.05, 4.69) is 0 Å². The van der Waals surface area contributed by atoms with Crippen molar-refractivity contribution in [3.63, 3.8) is 0 Å². The lowest BCUT2D eigenvalue weighted by Gasteiger charge is -2.38. The van der Waals surface area contributed by atoms with Crippen LogP contribution >= 0.6 is 0 Å². The highest BCUT2D eigenvalue weighted by molar-refractivity contribution is 7.91. The van der Waals surface area contributed by atoms with Gasteiger partial charge < -0.3 is 49.4 Å². The van der Waals surface area contributed by atoms with E-state index in [1.165, 1.54) is 0 Å². The maximum absolute atomic E-state index is 16.0. The largest absolute Gasteiger partial charge is 0.496 e. The van der Waals surface area contributed by atoms with Gasteiger partial charge in [-0.3, -0.25) is 0 Å². The number of para-hydroxylation sites is 6. The Morgan fingerprint density at radius 2 is 0.602 bits per heavy atom. The number of ether oxygens (including phenoxy) is 8. The van der Waals surface area contributed by atoms with Gasteiger partial charge in [0.2, 0.25) is 0 Å². The minimum absolute atomic E-state index is 0.279. The van der Waals surface area contributed by atoms with Gasteiger partial charge in [-0.15, -0.1) is 0 Å². The highest BCUT2D eigenvalue weighted by Crippen LogP contribution is 2.44. The molecule has 4 atom stereocenters. The molecule has 428 valence electrons. The Morgan fingerprint density at radius 1 is 0.361 bits per heavy atom. The first-order valence-corrected chi connectivity index (χ1v) is 28.8. The van der Waals surface area contributed by atoms with Crippen molar-refractivity contribution < 1.29 is 46.3 Å². The van der Waals surface area contributed by atoms with Crippen molar-refractivity contribution in [2.45, 2.75) is 11.2 Å². The lowest BCUT2D eigenvalue weighted by molar-refractivity contribution is 0.100. The van der Waals surface area contributed by atoms with Crippen molar-refractivity contribution in [2.75, 3.05) is 68.4 Å². The molecule has 0 saturated carbocycles. The number of hydrogen-bond acceptors (Lipinski definition) is 12. The van der Waals surface area contributed by atoms with Gasteiger partial charge in [0.1, 0.15) is 45.7 Å². The predicted molar refractivity (Wildman–Crippen MR) is 336 cm³/mol. The van der Waals surface area contributed by atoms with Gasteiger partial charge in [-0.05, 0) is 83.0 Å². The second kappa shape index (κ2) is 27.6. The van der Waals surface area contributed by atoms with Gasteiger partial charge in [0.05, 0.1) is 65.6 Å². The summed E-state index contributed by atoms with van der Waals surface area (Å²) in [7, 11) is 8.60. The molecule has 2 aliphatic rings. The molecular formula is C70H72N2O10S. The number of sulfone groups is 1. The van der Waals surface area contributed by atoms with Crippen molar-refractivity contribution in [2.24, 2.45) is 23.3 Å². The fraction of sp³-hybridized carbons (Fsp3) is 0.200. The Hall–Kier alpha value is -9.01. The van der Waals surface area contributed by atoms with E-state index in [4.69, 9.17) is 49.4 Å². The van der Waals surface area contributed by atoms with Gasteiger partial charge in [-0.1, -0.05) is 170 Å².